The molecule has 32 heavy (non-hydrogen) atoms. The number of carbonyl (C=O) groups excluding carboxylic acids is 1. The van der Waals surface area contributed by atoms with Crippen molar-refractivity contribution in [3.05, 3.63) is 52.2 Å². The van der Waals surface area contributed by atoms with E-state index in [1.165, 1.54) is 10.4 Å². The summed E-state index contributed by atoms with van der Waals surface area (Å²) in [5, 5.41) is 9.50. The first-order chi connectivity index (χ1) is 15.1. The van der Waals surface area contributed by atoms with Crippen molar-refractivity contribution in [2.45, 2.75) is 40.3 Å². The fourth-order valence-corrected chi connectivity index (χ4v) is 6.52. The Morgan fingerprint density at radius 3 is 2.72 bits per heavy atom. The van der Waals surface area contributed by atoms with Crippen LogP contribution < -0.4 is 5.32 Å². The Morgan fingerprint density at radius 2 is 2.00 bits per heavy atom. The standard InChI is InChI=1S/C23H25N5OS2.ClH/c1-4-27-11-10-15-19(13-27)31-23(25-21(29)17-12-14(3)28(5-2)26-17)20(15)22-24-16-8-6-7-9-18(16)30-22;/h6-9,12H,4-5,10-11,13H2,1-3H3,(H,25,29);1H. The molecule has 6 nitrogen and oxygen atoms in total. The number of carbonyl (C=O) groups is 1. The predicted octanol–water partition coefficient (Wildman–Crippen LogP) is 5.60. The van der Waals surface area contributed by atoms with E-state index in [0.717, 1.165) is 64.1 Å². The van der Waals surface area contributed by atoms with Crippen LogP contribution in [0.1, 0.15) is 40.5 Å². The van der Waals surface area contributed by atoms with Crippen LogP contribution in [0.5, 0.6) is 0 Å². The Kier molecular flexibility index (Phi) is 6.67. The van der Waals surface area contributed by atoms with E-state index in [1.54, 1.807) is 22.7 Å². The van der Waals surface area contributed by atoms with Crippen molar-refractivity contribution in [3.8, 4) is 10.6 Å². The number of nitrogens with one attached hydrogen (secondary N) is 1. The monoisotopic (exact) mass is 487 g/mol. The first-order valence-corrected chi connectivity index (χ1v) is 12.3. The minimum atomic E-state index is -0.163. The number of hydrogen-bond acceptors (Lipinski definition) is 6. The number of para-hydroxylation sites is 1. The van der Waals surface area contributed by atoms with Crippen LogP contribution in [-0.2, 0) is 19.5 Å². The summed E-state index contributed by atoms with van der Waals surface area (Å²) in [6, 6.07) is 10.1. The summed E-state index contributed by atoms with van der Waals surface area (Å²) in [4.78, 5) is 21.8. The van der Waals surface area contributed by atoms with Gasteiger partial charge in [-0.15, -0.1) is 35.1 Å². The van der Waals surface area contributed by atoms with Crippen LogP contribution in [0.4, 0.5) is 5.00 Å². The lowest BCUT2D eigenvalue weighted by Crippen LogP contribution is -2.29. The molecular formula is C23H26ClN5OS2. The molecule has 0 aliphatic carbocycles. The normalized spacial score (nSPS) is 13.7. The molecule has 168 valence electrons. The van der Waals surface area contributed by atoms with Crippen molar-refractivity contribution in [1.29, 1.82) is 0 Å². The maximum absolute atomic E-state index is 13.1. The van der Waals surface area contributed by atoms with Crippen molar-refractivity contribution in [2.24, 2.45) is 0 Å². The number of thiophene rings is 1. The highest BCUT2D eigenvalue weighted by atomic mass is 35.5. The number of aromatic nitrogens is 3. The second-order valence-corrected chi connectivity index (χ2v) is 9.89. The van der Waals surface area contributed by atoms with Crippen LogP contribution in [0.3, 0.4) is 0 Å². The second kappa shape index (κ2) is 9.31. The van der Waals surface area contributed by atoms with E-state index in [2.05, 4.69) is 28.3 Å². The Morgan fingerprint density at radius 1 is 1.19 bits per heavy atom. The fourth-order valence-electron chi connectivity index (χ4n) is 4.13. The van der Waals surface area contributed by atoms with Gasteiger partial charge in [0.25, 0.3) is 5.91 Å². The first kappa shape index (κ1) is 22.9. The van der Waals surface area contributed by atoms with Gasteiger partial charge in [0.05, 0.1) is 10.2 Å². The zero-order chi connectivity index (χ0) is 21.5. The van der Waals surface area contributed by atoms with Crippen LogP contribution in [-0.4, -0.2) is 38.7 Å². The summed E-state index contributed by atoms with van der Waals surface area (Å²) < 4.78 is 3.01. The zero-order valence-electron chi connectivity index (χ0n) is 18.3. The number of thiazole rings is 1. The molecule has 0 bridgehead atoms. The predicted molar refractivity (Wildman–Crippen MR) is 135 cm³/mol. The third kappa shape index (κ3) is 4.08. The molecule has 4 aromatic rings. The lowest BCUT2D eigenvalue weighted by Gasteiger charge is -2.25. The van der Waals surface area contributed by atoms with Crippen molar-refractivity contribution >= 4 is 56.2 Å². The average Bonchev–Trinajstić information content (AvgIpc) is 3.46. The van der Waals surface area contributed by atoms with E-state index in [-0.39, 0.29) is 18.3 Å². The number of amides is 1. The molecule has 1 aromatic carbocycles. The number of benzene rings is 1. The van der Waals surface area contributed by atoms with E-state index < -0.39 is 0 Å². The summed E-state index contributed by atoms with van der Waals surface area (Å²) >= 11 is 3.38. The van der Waals surface area contributed by atoms with Crippen molar-refractivity contribution in [1.82, 2.24) is 19.7 Å². The first-order valence-electron chi connectivity index (χ1n) is 10.7. The molecular weight excluding hydrogens is 462 g/mol. The van der Waals surface area contributed by atoms with Gasteiger partial charge in [-0.05, 0) is 50.6 Å². The average molecular weight is 488 g/mol. The molecule has 0 radical (unpaired) electrons. The minimum Gasteiger partial charge on any atom is -0.312 e. The Hall–Kier alpha value is -2.26. The third-order valence-electron chi connectivity index (χ3n) is 5.83. The lowest BCUT2D eigenvalue weighted by atomic mass is 10.0. The van der Waals surface area contributed by atoms with Crippen LogP contribution in [0, 0.1) is 6.92 Å². The van der Waals surface area contributed by atoms with E-state index in [4.69, 9.17) is 4.98 Å². The quantitative estimate of drug-likeness (QED) is 0.398. The number of rotatable bonds is 5. The van der Waals surface area contributed by atoms with Gasteiger partial charge in [-0.1, -0.05) is 19.1 Å². The molecule has 3 aromatic heterocycles. The maximum atomic E-state index is 13.1. The van der Waals surface area contributed by atoms with Gasteiger partial charge in [0.2, 0.25) is 0 Å². The number of halogens is 1. The van der Waals surface area contributed by atoms with Crippen molar-refractivity contribution in [2.75, 3.05) is 18.4 Å². The largest absolute Gasteiger partial charge is 0.312 e. The zero-order valence-corrected chi connectivity index (χ0v) is 20.8. The van der Waals surface area contributed by atoms with Crippen molar-refractivity contribution < 1.29 is 4.79 Å². The van der Waals surface area contributed by atoms with E-state index in [0.29, 0.717) is 5.69 Å². The minimum absolute atomic E-state index is 0. The fraction of sp³-hybridized carbons (Fsp3) is 0.348. The molecule has 0 unspecified atom stereocenters. The molecule has 0 saturated heterocycles. The maximum Gasteiger partial charge on any atom is 0.276 e. The highest BCUT2D eigenvalue weighted by molar-refractivity contribution is 7.23. The van der Waals surface area contributed by atoms with Gasteiger partial charge in [-0.3, -0.25) is 14.4 Å². The molecule has 5 rings (SSSR count). The SMILES string of the molecule is CCN1CCc2c(sc(NC(=O)c3cc(C)n(CC)n3)c2-c2nc3ccccc3s2)C1.Cl. The van der Waals surface area contributed by atoms with Crippen LogP contribution in [0.15, 0.2) is 30.3 Å². The molecule has 0 spiro atoms. The van der Waals surface area contributed by atoms with Gasteiger partial charge in [-0.2, -0.15) is 5.10 Å². The van der Waals surface area contributed by atoms with E-state index >= 15 is 0 Å². The Labute approximate surface area is 201 Å². The van der Waals surface area contributed by atoms with Gasteiger partial charge in [0, 0.05) is 35.8 Å². The molecule has 0 atom stereocenters. The van der Waals surface area contributed by atoms with E-state index in [1.807, 2.05) is 42.8 Å². The summed E-state index contributed by atoms with van der Waals surface area (Å²) in [5.74, 6) is -0.163. The Balaban J connectivity index is 0.00000245. The summed E-state index contributed by atoms with van der Waals surface area (Å²) in [7, 11) is 0. The number of fused-ring (bicyclic) bond motifs is 2. The number of nitrogens with zero attached hydrogens (tertiary/aromatic N) is 4. The summed E-state index contributed by atoms with van der Waals surface area (Å²) in [6.07, 6.45) is 0.977. The number of hydrogen-bond donors (Lipinski definition) is 1. The topological polar surface area (TPSA) is 63.1 Å². The third-order valence-corrected chi connectivity index (χ3v) is 8.02. The number of anilines is 1. The molecule has 0 saturated carbocycles. The molecule has 4 heterocycles. The molecule has 1 aliphatic heterocycles. The molecule has 9 heteroatoms. The van der Waals surface area contributed by atoms with Gasteiger partial charge >= 0.3 is 0 Å². The summed E-state index contributed by atoms with van der Waals surface area (Å²) in [5.41, 5.74) is 4.87. The van der Waals surface area contributed by atoms with Crippen LogP contribution in [0.25, 0.3) is 20.8 Å². The molecule has 1 N–H and O–H groups in total. The van der Waals surface area contributed by atoms with Crippen LogP contribution >= 0.6 is 35.1 Å². The molecule has 0 fully saturated rings. The van der Waals surface area contributed by atoms with Gasteiger partial charge in [0.1, 0.15) is 10.0 Å². The number of aryl methyl sites for hydroxylation is 2. The Bertz CT molecular complexity index is 1240. The van der Waals surface area contributed by atoms with Crippen molar-refractivity contribution in [3.63, 3.8) is 0 Å². The lowest BCUT2D eigenvalue weighted by molar-refractivity contribution is 0.102. The van der Waals surface area contributed by atoms with Crippen LogP contribution in [0.2, 0.25) is 0 Å². The smallest absolute Gasteiger partial charge is 0.276 e. The highest BCUT2D eigenvalue weighted by Gasteiger charge is 2.28. The van der Waals surface area contributed by atoms with Gasteiger partial charge in [0.15, 0.2) is 5.69 Å². The van der Waals surface area contributed by atoms with E-state index in [9.17, 15) is 4.79 Å². The molecule has 1 aliphatic rings. The van der Waals surface area contributed by atoms with Gasteiger partial charge in [-0.25, -0.2) is 4.98 Å². The number of likely N-dealkylation sites (N-methyl/N-ethyl adjacent to an activating group) is 1. The molecule has 1 amide bonds. The van der Waals surface area contributed by atoms with Gasteiger partial charge < -0.3 is 5.32 Å². The highest BCUT2D eigenvalue weighted by Crippen LogP contribution is 2.45. The summed E-state index contributed by atoms with van der Waals surface area (Å²) in [6.45, 7) is 9.93. The second-order valence-electron chi connectivity index (χ2n) is 7.75.